The molecule has 0 amide bonds. The Balaban J connectivity index is 2.34. The summed E-state index contributed by atoms with van der Waals surface area (Å²) in [5, 5.41) is 0.487. The van der Waals surface area contributed by atoms with Gasteiger partial charge in [0.05, 0.1) is 22.1 Å². The zero-order valence-electron chi connectivity index (χ0n) is 10.7. The lowest BCUT2D eigenvalue weighted by molar-refractivity contribution is -0.0640. The van der Waals surface area contributed by atoms with Crippen LogP contribution < -0.4 is 0 Å². The lowest BCUT2D eigenvalue weighted by atomic mass is 10.1. The first-order valence-electron chi connectivity index (χ1n) is 5.81. The highest BCUT2D eigenvalue weighted by atomic mass is 79.9. The fourth-order valence-corrected chi connectivity index (χ4v) is 4.21. The second-order valence-electron chi connectivity index (χ2n) is 5.02. The second-order valence-corrected chi connectivity index (χ2v) is 8.22. The number of hydrogen-bond acceptors (Lipinski definition) is 3. The molecule has 1 aliphatic heterocycles. The van der Waals surface area contributed by atoms with Crippen molar-refractivity contribution in [3.05, 3.63) is 27.7 Å². The molecule has 1 heterocycles. The number of rotatable bonds is 2. The van der Waals surface area contributed by atoms with Crippen LogP contribution in [0.5, 0.6) is 0 Å². The first-order valence-corrected chi connectivity index (χ1v) is 8.43. The van der Waals surface area contributed by atoms with E-state index in [1.54, 1.807) is 6.07 Å². The SMILES string of the molecule is CC1(C)CN(S(=O)(=O)c2ccc(Cl)c(Br)c2)CCO1. The van der Waals surface area contributed by atoms with Gasteiger partial charge in [-0.25, -0.2) is 8.42 Å². The Morgan fingerprint density at radius 2 is 2.11 bits per heavy atom. The van der Waals surface area contributed by atoms with Gasteiger partial charge in [-0.1, -0.05) is 11.6 Å². The molecule has 0 aromatic heterocycles. The highest BCUT2D eigenvalue weighted by Crippen LogP contribution is 2.28. The fourth-order valence-electron chi connectivity index (χ4n) is 1.96. The van der Waals surface area contributed by atoms with Crippen LogP contribution in [-0.4, -0.2) is 38.0 Å². The van der Waals surface area contributed by atoms with E-state index in [2.05, 4.69) is 15.9 Å². The molecule has 0 atom stereocenters. The predicted molar refractivity (Wildman–Crippen MR) is 77.9 cm³/mol. The van der Waals surface area contributed by atoms with Gasteiger partial charge < -0.3 is 4.74 Å². The van der Waals surface area contributed by atoms with Gasteiger partial charge in [0.15, 0.2) is 0 Å². The van der Waals surface area contributed by atoms with Crippen molar-refractivity contribution in [3.63, 3.8) is 0 Å². The minimum Gasteiger partial charge on any atom is -0.373 e. The lowest BCUT2D eigenvalue weighted by Gasteiger charge is -2.37. The third-order valence-corrected chi connectivity index (χ3v) is 5.97. The van der Waals surface area contributed by atoms with Crippen LogP contribution in [0.4, 0.5) is 0 Å². The average Bonchev–Trinajstić information content (AvgIpc) is 2.31. The molecular formula is C12H15BrClNO3S. The van der Waals surface area contributed by atoms with E-state index in [1.165, 1.54) is 16.4 Å². The van der Waals surface area contributed by atoms with Crippen molar-refractivity contribution in [2.45, 2.75) is 24.3 Å². The molecule has 2 rings (SSSR count). The predicted octanol–water partition coefficient (Wildman–Crippen LogP) is 2.90. The number of nitrogens with zero attached hydrogens (tertiary/aromatic N) is 1. The van der Waals surface area contributed by atoms with Crippen LogP contribution in [0.1, 0.15) is 13.8 Å². The van der Waals surface area contributed by atoms with Gasteiger partial charge in [0.25, 0.3) is 0 Å². The minimum atomic E-state index is -3.51. The van der Waals surface area contributed by atoms with Crippen LogP contribution >= 0.6 is 27.5 Å². The summed E-state index contributed by atoms with van der Waals surface area (Å²) < 4.78 is 32.6. The number of halogens is 2. The summed E-state index contributed by atoms with van der Waals surface area (Å²) in [5.74, 6) is 0. The van der Waals surface area contributed by atoms with E-state index in [4.69, 9.17) is 16.3 Å². The zero-order valence-corrected chi connectivity index (χ0v) is 13.8. The average molecular weight is 369 g/mol. The Kier molecular flexibility index (Phi) is 4.28. The summed E-state index contributed by atoms with van der Waals surface area (Å²) in [4.78, 5) is 0.237. The number of morpholine rings is 1. The monoisotopic (exact) mass is 367 g/mol. The molecule has 0 spiro atoms. The molecule has 1 aromatic rings. The van der Waals surface area contributed by atoms with Gasteiger partial charge in [-0.2, -0.15) is 4.31 Å². The van der Waals surface area contributed by atoms with Crippen molar-refractivity contribution in [2.75, 3.05) is 19.7 Å². The van der Waals surface area contributed by atoms with Gasteiger partial charge in [-0.05, 0) is 48.0 Å². The maximum Gasteiger partial charge on any atom is 0.243 e. The Morgan fingerprint density at radius 1 is 1.42 bits per heavy atom. The highest BCUT2D eigenvalue weighted by Gasteiger charge is 2.34. The Hall–Kier alpha value is -0.140. The Bertz CT molecular complexity index is 589. The van der Waals surface area contributed by atoms with Crippen LogP contribution in [0, 0.1) is 0 Å². The summed E-state index contributed by atoms with van der Waals surface area (Å²) in [7, 11) is -3.51. The van der Waals surface area contributed by atoms with Crippen molar-refractivity contribution in [1.82, 2.24) is 4.31 Å². The summed E-state index contributed by atoms with van der Waals surface area (Å²) >= 11 is 9.13. The number of ether oxygens (including phenoxy) is 1. The van der Waals surface area contributed by atoms with E-state index in [-0.39, 0.29) is 4.90 Å². The summed E-state index contributed by atoms with van der Waals surface area (Å²) in [6.07, 6.45) is 0. The third kappa shape index (κ3) is 3.31. The molecule has 1 saturated heterocycles. The van der Waals surface area contributed by atoms with E-state index in [9.17, 15) is 8.42 Å². The topological polar surface area (TPSA) is 46.6 Å². The smallest absolute Gasteiger partial charge is 0.243 e. The van der Waals surface area contributed by atoms with Gasteiger partial charge in [-0.15, -0.1) is 0 Å². The van der Waals surface area contributed by atoms with E-state index < -0.39 is 15.6 Å². The van der Waals surface area contributed by atoms with Crippen LogP contribution in [0.3, 0.4) is 0 Å². The van der Waals surface area contributed by atoms with Crippen molar-refractivity contribution in [2.24, 2.45) is 0 Å². The molecule has 0 unspecified atom stereocenters. The molecule has 0 radical (unpaired) electrons. The Labute approximate surface area is 126 Å². The molecule has 19 heavy (non-hydrogen) atoms. The third-order valence-electron chi connectivity index (χ3n) is 2.92. The van der Waals surface area contributed by atoms with E-state index in [0.717, 1.165) is 0 Å². The standard InChI is InChI=1S/C12H15BrClNO3S/c1-12(2)8-15(5-6-18-12)19(16,17)9-3-4-11(14)10(13)7-9/h3-4,7H,5-6,8H2,1-2H3. The van der Waals surface area contributed by atoms with Gasteiger partial charge in [0.2, 0.25) is 10.0 Å². The van der Waals surface area contributed by atoms with Gasteiger partial charge >= 0.3 is 0 Å². The first-order chi connectivity index (χ1) is 8.72. The molecule has 0 aliphatic carbocycles. The number of hydrogen-bond donors (Lipinski definition) is 0. The molecule has 0 N–H and O–H groups in total. The molecule has 1 aromatic carbocycles. The lowest BCUT2D eigenvalue weighted by Crippen LogP contribution is -2.50. The van der Waals surface area contributed by atoms with Crippen LogP contribution in [-0.2, 0) is 14.8 Å². The number of benzene rings is 1. The van der Waals surface area contributed by atoms with Crippen LogP contribution in [0.2, 0.25) is 5.02 Å². The zero-order chi connectivity index (χ0) is 14.3. The number of sulfonamides is 1. The maximum absolute atomic E-state index is 12.5. The Morgan fingerprint density at radius 3 is 2.68 bits per heavy atom. The summed E-state index contributed by atoms with van der Waals surface area (Å²) in [6.45, 7) is 4.88. The van der Waals surface area contributed by atoms with Gasteiger partial charge in [0, 0.05) is 17.6 Å². The van der Waals surface area contributed by atoms with Gasteiger partial charge in [0.1, 0.15) is 0 Å². The quantitative estimate of drug-likeness (QED) is 0.806. The summed E-state index contributed by atoms with van der Waals surface area (Å²) in [5.41, 5.74) is -0.463. The minimum absolute atomic E-state index is 0.237. The molecule has 4 nitrogen and oxygen atoms in total. The van der Waals surface area contributed by atoms with Crippen LogP contribution in [0.15, 0.2) is 27.6 Å². The normalized spacial score (nSPS) is 20.4. The fraction of sp³-hybridized carbons (Fsp3) is 0.500. The molecule has 0 saturated carbocycles. The summed E-state index contributed by atoms with van der Waals surface area (Å²) in [6, 6.07) is 4.62. The molecule has 1 aliphatic rings. The van der Waals surface area contributed by atoms with Crippen molar-refractivity contribution in [1.29, 1.82) is 0 Å². The second kappa shape index (κ2) is 5.33. The van der Waals surface area contributed by atoms with E-state index in [1.807, 2.05) is 13.8 Å². The van der Waals surface area contributed by atoms with Crippen molar-refractivity contribution in [3.8, 4) is 0 Å². The molecule has 0 bridgehead atoms. The van der Waals surface area contributed by atoms with E-state index >= 15 is 0 Å². The van der Waals surface area contributed by atoms with Crippen molar-refractivity contribution < 1.29 is 13.2 Å². The molecule has 7 heteroatoms. The molecular weight excluding hydrogens is 354 g/mol. The van der Waals surface area contributed by atoms with Crippen molar-refractivity contribution >= 4 is 37.6 Å². The largest absolute Gasteiger partial charge is 0.373 e. The maximum atomic E-state index is 12.5. The first kappa shape index (κ1) is 15.3. The van der Waals surface area contributed by atoms with E-state index in [0.29, 0.717) is 29.2 Å². The molecule has 106 valence electrons. The van der Waals surface area contributed by atoms with Gasteiger partial charge in [-0.3, -0.25) is 0 Å². The highest BCUT2D eigenvalue weighted by molar-refractivity contribution is 9.10. The molecule has 1 fully saturated rings. The van der Waals surface area contributed by atoms with Crippen LogP contribution in [0.25, 0.3) is 0 Å².